The van der Waals surface area contributed by atoms with Crippen LogP contribution in [0.2, 0.25) is 0 Å². The number of nitrogens with one attached hydrogen (secondary N) is 3. The van der Waals surface area contributed by atoms with Gasteiger partial charge in [0.05, 0.1) is 49.8 Å². The van der Waals surface area contributed by atoms with Crippen LogP contribution >= 0.6 is 0 Å². The molecule has 352 valence electrons. The van der Waals surface area contributed by atoms with Crippen LogP contribution in [0.4, 0.5) is 0 Å². The number of hydrogen-bond acceptors (Lipinski definition) is 10. The van der Waals surface area contributed by atoms with Gasteiger partial charge in [0.25, 0.3) is 0 Å². The van der Waals surface area contributed by atoms with Crippen LogP contribution in [0.5, 0.6) is 0 Å². The standard InChI is InChI=1S/C47H80N6O9/c1-16-31(8)41(52(12)46(58)39(29(4)5)50-44(56)40(30(6)7)51(11)45(57)34(48-10)25-28(2)3)37(60-13)27-38(54)53-24-20-23-36(53)42(61-14)32(9)43(55)49-35(47(59)62-15)26-33-21-18-17-19-22-33/h17-19,21-22,28-32,34-37,39-42,48H,16,20,23-27H2,1-15H3,(H,49,55)(H,50,56)/t31-,32+,34-,35-,36-,37+,39-,40-,41-,42+/m0/s1. The molecule has 5 amide bonds. The molecule has 0 spiro atoms. The van der Waals surface area contributed by atoms with Gasteiger partial charge in [-0.05, 0) is 55.5 Å². The van der Waals surface area contributed by atoms with E-state index in [-0.39, 0.29) is 54.2 Å². The van der Waals surface area contributed by atoms with E-state index in [0.717, 1.165) is 5.56 Å². The van der Waals surface area contributed by atoms with Gasteiger partial charge in [0.15, 0.2) is 0 Å². The molecule has 62 heavy (non-hydrogen) atoms. The zero-order valence-corrected chi connectivity index (χ0v) is 40.4. The summed E-state index contributed by atoms with van der Waals surface area (Å²) in [4.78, 5) is 87.9. The van der Waals surface area contributed by atoms with Gasteiger partial charge < -0.3 is 44.9 Å². The van der Waals surface area contributed by atoms with Gasteiger partial charge in [0.2, 0.25) is 29.5 Å². The number of esters is 1. The molecule has 0 bridgehead atoms. The zero-order chi connectivity index (χ0) is 47.0. The number of hydrogen-bond donors (Lipinski definition) is 3. The highest BCUT2D eigenvalue weighted by Gasteiger charge is 2.44. The van der Waals surface area contributed by atoms with Crippen molar-refractivity contribution in [3.8, 4) is 0 Å². The highest BCUT2D eigenvalue weighted by atomic mass is 16.5. The molecule has 1 aromatic carbocycles. The number of methoxy groups -OCH3 is 3. The number of likely N-dealkylation sites (N-methyl/N-ethyl adjacent to an activating group) is 3. The molecule has 0 saturated carbocycles. The van der Waals surface area contributed by atoms with Crippen molar-refractivity contribution in [2.24, 2.45) is 29.6 Å². The molecule has 1 aliphatic rings. The number of carbonyl (C=O) groups excluding carboxylic acids is 6. The van der Waals surface area contributed by atoms with E-state index in [1.807, 2.05) is 85.7 Å². The van der Waals surface area contributed by atoms with Crippen LogP contribution in [0.1, 0.15) is 100.0 Å². The second-order valence-electron chi connectivity index (χ2n) is 18.2. The van der Waals surface area contributed by atoms with Crippen LogP contribution in [0.25, 0.3) is 0 Å². The van der Waals surface area contributed by atoms with Crippen molar-refractivity contribution in [3.05, 3.63) is 35.9 Å². The van der Waals surface area contributed by atoms with E-state index in [0.29, 0.717) is 32.2 Å². The number of benzene rings is 1. The monoisotopic (exact) mass is 873 g/mol. The van der Waals surface area contributed by atoms with Crippen molar-refractivity contribution >= 4 is 35.5 Å². The summed E-state index contributed by atoms with van der Waals surface area (Å²) in [6.45, 7) is 17.8. The number of rotatable bonds is 25. The predicted octanol–water partition coefficient (Wildman–Crippen LogP) is 4.07. The van der Waals surface area contributed by atoms with Gasteiger partial charge in [-0.15, -0.1) is 0 Å². The second-order valence-corrected chi connectivity index (χ2v) is 18.2. The molecule has 0 unspecified atom stereocenters. The Hall–Kier alpha value is -4.08. The molecule has 1 saturated heterocycles. The topological polar surface area (TPSA) is 176 Å². The van der Waals surface area contributed by atoms with E-state index >= 15 is 0 Å². The molecule has 1 fully saturated rings. The van der Waals surface area contributed by atoms with Crippen LogP contribution in [0, 0.1) is 29.6 Å². The zero-order valence-electron chi connectivity index (χ0n) is 40.4. The van der Waals surface area contributed by atoms with Gasteiger partial charge in [-0.1, -0.05) is 99.1 Å². The van der Waals surface area contributed by atoms with Gasteiger partial charge >= 0.3 is 5.97 Å². The van der Waals surface area contributed by atoms with Crippen LogP contribution in [0.15, 0.2) is 30.3 Å². The number of nitrogens with zero attached hydrogens (tertiary/aromatic N) is 3. The van der Waals surface area contributed by atoms with Crippen molar-refractivity contribution < 1.29 is 43.0 Å². The van der Waals surface area contributed by atoms with Gasteiger partial charge in [-0.2, -0.15) is 0 Å². The normalized spacial score (nSPS) is 18.5. The summed E-state index contributed by atoms with van der Waals surface area (Å²) in [7, 11) is 9.40. The quantitative estimate of drug-likeness (QED) is 0.122. The summed E-state index contributed by atoms with van der Waals surface area (Å²) in [5, 5.41) is 8.96. The maximum atomic E-state index is 14.6. The van der Waals surface area contributed by atoms with Crippen molar-refractivity contribution in [2.75, 3.05) is 49.0 Å². The molecule has 1 heterocycles. The molecular formula is C47H80N6O9. The lowest BCUT2D eigenvalue weighted by atomic mass is 9.89. The number of likely N-dealkylation sites (tertiary alicyclic amines) is 1. The van der Waals surface area contributed by atoms with Crippen molar-refractivity contribution in [1.82, 2.24) is 30.7 Å². The van der Waals surface area contributed by atoms with E-state index in [1.54, 1.807) is 37.9 Å². The minimum Gasteiger partial charge on any atom is -0.467 e. The first-order valence-corrected chi connectivity index (χ1v) is 22.5. The maximum Gasteiger partial charge on any atom is 0.328 e. The Morgan fingerprint density at radius 3 is 1.94 bits per heavy atom. The minimum absolute atomic E-state index is 0.0395. The molecule has 10 atom stereocenters. The first kappa shape index (κ1) is 54.1. The number of amides is 5. The number of ether oxygens (including phenoxy) is 3. The molecule has 0 aromatic heterocycles. The van der Waals surface area contributed by atoms with Gasteiger partial charge in [-0.25, -0.2) is 4.79 Å². The molecular weight excluding hydrogens is 793 g/mol. The predicted molar refractivity (Wildman–Crippen MR) is 241 cm³/mol. The fourth-order valence-electron chi connectivity index (χ4n) is 8.89. The van der Waals surface area contributed by atoms with E-state index in [9.17, 15) is 28.8 Å². The van der Waals surface area contributed by atoms with Crippen molar-refractivity contribution in [2.45, 2.75) is 149 Å². The Morgan fingerprint density at radius 2 is 1.44 bits per heavy atom. The van der Waals surface area contributed by atoms with E-state index in [2.05, 4.69) is 16.0 Å². The molecule has 0 aliphatic carbocycles. The fourth-order valence-corrected chi connectivity index (χ4v) is 8.89. The average Bonchev–Trinajstić information content (AvgIpc) is 3.73. The largest absolute Gasteiger partial charge is 0.467 e. The van der Waals surface area contributed by atoms with E-state index < -0.39 is 72.2 Å². The van der Waals surface area contributed by atoms with E-state index in [4.69, 9.17) is 14.2 Å². The first-order chi connectivity index (χ1) is 29.2. The van der Waals surface area contributed by atoms with Crippen molar-refractivity contribution in [3.63, 3.8) is 0 Å². The Kier molecular flexibility index (Phi) is 22.6. The lowest BCUT2D eigenvalue weighted by Crippen LogP contribution is -2.61. The third-order valence-corrected chi connectivity index (χ3v) is 12.6. The Bertz CT molecular complexity index is 1590. The fraction of sp³-hybridized carbons (Fsp3) is 0.745. The summed E-state index contributed by atoms with van der Waals surface area (Å²) in [5.41, 5.74) is 0.864. The molecule has 1 aromatic rings. The molecule has 15 nitrogen and oxygen atoms in total. The molecule has 1 aliphatic heterocycles. The molecule has 3 N–H and O–H groups in total. The summed E-state index contributed by atoms with van der Waals surface area (Å²) < 4.78 is 17.0. The van der Waals surface area contributed by atoms with E-state index in [1.165, 1.54) is 26.2 Å². The molecule has 15 heteroatoms. The minimum atomic E-state index is -0.919. The Morgan fingerprint density at radius 1 is 0.806 bits per heavy atom. The third-order valence-electron chi connectivity index (χ3n) is 12.6. The van der Waals surface area contributed by atoms with Gasteiger partial charge in [0.1, 0.15) is 18.1 Å². The molecule has 0 radical (unpaired) electrons. The summed E-state index contributed by atoms with van der Waals surface area (Å²) in [6, 6.07) is 5.28. The summed E-state index contributed by atoms with van der Waals surface area (Å²) >= 11 is 0. The average molecular weight is 873 g/mol. The maximum absolute atomic E-state index is 14.6. The highest BCUT2D eigenvalue weighted by Crippen LogP contribution is 2.30. The second kappa shape index (κ2) is 25.9. The Balaban J connectivity index is 2.32. The first-order valence-electron chi connectivity index (χ1n) is 22.5. The van der Waals surface area contributed by atoms with Crippen LogP contribution < -0.4 is 16.0 Å². The number of carbonyl (C=O) groups is 6. The van der Waals surface area contributed by atoms with Crippen LogP contribution in [-0.2, 0) is 49.4 Å². The molecule has 2 rings (SSSR count). The SMILES string of the molecule is CC[C@H](C)[C@@H]([C@@H](CC(=O)N1CCC[C@H]1[C@H](OC)[C@@H](C)C(=O)N[C@@H](Cc1ccccc1)C(=O)OC)OC)N(C)C(=O)[C@@H](NC(=O)[C@H](C(C)C)N(C)C(=O)[C@H](CC(C)C)NC)C(C)C. The van der Waals surface area contributed by atoms with Crippen LogP contribution in [0.3, 0.4) is 0 Å². The van der Waals surface area contributed by atoms with Gasteiger partial charge in [0, 0.05) is 41.3 Å². The summed E-state index contributed by atoms with van der Waals surface area (Å²) in [5.74, 6) is -3.18. The van der Waals surface area contributed by atoms with Gasteiger partial charge in [-0.3, -0.25) is 24.0 Å². The van der Waals surface area contributed by atoms with Crippen molar-refractivity contribution in [1.29, 1.82) is 0 Å². The highest BCUT2D eigenvalue weighted by molar-refractivity contribution is 5.93. The smallest absolute Gasteiger partial charge is 0.328 e. The summed E-state index contributed by atoms with van der Waals surface area (Å²) in [6.07, 6.45) is 1.44. The third kappa shape index (κ3) is 14.5. The Labute approximate surface area is 372 Å². The lowest BCUT2D eigenvalue weighted by molar-refractivity contribution is -0.149. The lowest BCUT2D eigenvalue weighted by Gasteiger charge is -2.41. The van der Waals surface area contributed by atoms with Crippen LogP contribution in [-0.4, -0.2) is 148 Å².